The van der Waals surface area contributed by atoms with E-state index in [1.54, 1.807) is 12.1 Å². The zero-order valence-electron chi connectivity index (χ0n) is 16.3. The summed E-state index contributed by atoms with van der Waals surface area (Å²) < 4.78 is 37.7. The van der Waals surface area contributed by atoms with Crippen molar-refractivity contribution >= 4 is 17.7 Å². The summed E-state index contributed by atoms with van der Waals surface area (Å²) in [6.07, 6.45) is 0.979. The molecule has 1 fully saturated rings. The van der Waals surface area contributed by atoms with Crippen molar-refractivity contribution in [2.75, 3.05) is 26.2 Å². The number of hydrogen-bond donors (Lipinski definition) is 0. The quantitative estimate of drug-likeness (QED) is 0.673. The molecule has 0 unspecified atom stereocenters. The smallest absolute Gasteiger partial charge is 0.341 e. The van der Waals surface area contributed by atoms with E-state index in [1.807, 2.05) is 30.0 Å². The van der Waals surface area contributed by atoms with Gasteiger partial charge in [0.15, 0.2) is 0 Å². The van der Waals surface area contributed by atoms with Gasteiger partial charge < -0.3 is 4.90 Å². The highest BCUT2D eigenvalue weighted by Crippen LogP contribution is 2.37. The number of aromatic nitrogens is 1. The number of rotatable bonds is 5. The zero-order valence-corrected chi connectivity index (χ0v) is 17.1. The number of amides is 1. The average Bonchev–Trinajstić information content (AvgIpc) is 2.86. The predicted octanol–water partition coefficient (Wildman–Crippen LogP) is 4.28. The molecule has 1 aliphatic rings. The van der Waals surface area contributed by atoms with Gasteiger partial charge in [0.25, 0.3) is 0 Å². The van der Waals surface area contributed by atoms with Crippen molar-refractivity contribution in [3.63, 3.8) is 0 Å². The second kappa shape index (κ2) is 9.63. The summed E-state index contributed by atoms with van der Waals surface area (Å²) in [4.78, 5) is 21.4. The minimum Gasteiger partial charge on any atom is -0.341 e. The van der Waals surface area contributed by atoms with E-state index in [1.165, 1.54) is 12.1 Å². The van der Waals surface area contributed by atoms with E-state index in [4.69, 9.17) is 0 Å². The van der Waals surface area contributed by atoms with Gasteiger partial charge in [-0.1, -0.05) is 18.2 Å². The monoisotopic (exact) mass is 423 g/mol. The SMILES string of the molecule is Cc1cccc(CN2CCCN(C(=O)Cc3cccc(SC(F)(F)F)c3)CC2)n1. The minimum atomic E-state index is -4.33. The van der Waals surface area contributed by atoms with Crippen LogP contribution in [0.5, 0.6) is 0 Å². The van der Waals surface area contributed by atoms with Crippen molar-refractivity contribution in [2.45, 2.75) is 36.7 Å². The maximum Gasteiger partial charge on any atom is 0.446 e. The van der Waals surface area contributed by atoms with Gasteiger partial charge in [0.05, 0.1) is 12.1 Å². The molecule has 2 aromatic rings. The molecule has 1 aromatic carbocycles. The number of aryl methyl sites for hydroxylation is 1. The number of hydrogen-bond acceptors (Lipinski definition) is 4. The predicted molar refractivity (Wildman–Crippen MR) is 108 cm³/mol. The van der Waals surface area contributed by atoms with E-state index in [-0.39, 0.29) is 29.0 Å². The Morgan fingerprint density at radius 3 is 2.66 bits per heavy atom. The highest BCUT2D eigenvalue weighted by atomic mass is 32.2. The summed E-state index contributed by atoms with van der Waals surface area (Å²) in [6, 6.07) is 12.1. The molecule has 3 rings (SSSR count). The van der Waals surface area contributed by atoms with Crippen LogP contribution in [-0.2, 0) is 17.8 Å². The molecule has 0 N–H and O–H groups in total. The fraction of sp³-hybridized carbons (Fsp3) is 0.429. The molecule has 0 bridgehead atoms. The number of carbonyl (C=O) groups excluding carboxylic acids is 1. The Balaban J connectivity index is 1.55. The van der Waals surface area contributed by atoms with Crippen molar-refractivity contribution in [2.24, 2.45) is 0 Å². The van der Waals surface area contributed by atoms with Crippen LogP contribution in [0.2, 0.25) is 0 Å². The van der Waals surface area contributed by atoms with Crippen molar-refractivity contribution in [3.8, 4) is 0 Å². The van der Waals surface area contributed by atoms with E-state index >= 15 is 0 Å². The lowest BCUT2D eigenvalue weighted by molar-refractivity contribution is -0.130. The fourth-order valence-electron chi connectivity index (χ4n) is 3.43. The second-order valence-electron chi connectivity index (χ2n) is 7.15. The Bertz CT molecular complexity index is 844. The van der Waals surface area contributed by atoms with Crippen LogP contribution in [-0.4, -0.2) is 52.4 Å². The van der Waals surface area contributed by atoms with Crippen LogP contribution >= 0.6 is 11.8 Å². The Morgan fingerprint density at radius 2 is 1.90 bits per heavy atom. The Hall–Kier alpha value is -2.06. The summed E-state index contributed by atoms with van der Waals surface area (Å²) >= 11 is -0.154. The van der Waals surface area contributed by atoms with Crippen LogP contribution in [0, 0.1) is 6.92 Å². The molecular weight excluding hydrogens is 399 g/mol. The molecule has 1 aromatic heterocycles. The third-order valence-electron chi connectivity index (χ3n) is 4.76. The highest BCUT2D eigenvalue weighted by Gasteiger charge is 2.29. The number of carbonyl (C=O) groups is 1. The van der Waals surface area contributed by atoms with Crippen molar-refractivity contribution in [1.82, 2.24) is 14.8 Å². The van der Waals surface area contributed by atoms with Gasteiger partial charge in [-0.05, 0) is 54.9 Å². The number of thioether (sulfide) groups is 1. The first-order valence-corrected chi connectivity index (χ1v) is 10.4. The van der Waals surface area contributed by atoms with Gasteiger partial charge in [0.1, 0.15) is 0 Å². The topological polar surface area (TPSA) is 36.4 Å². The Kier molecular flexibility index (Phi) is 7.18. The largest absolute Gasteiger partial charge is 0.446 e. The van der Waals surface area contributed by atoms with Crippen molar-refractivity contribution in [3.05, 3.63) is 59.4 Å². The molecular formula is C21H24F3N3OS. The van der Waals surface area contributed by atoms with Gasteiger partial charge in [0.2, 0.25) is 5.91 Å². The lowest BCUT2D eigenvalue weighted by Gasteiger charge is -2.22. The molecule has 156 valence electrons. The summed E-state index contributed by atoms with van der Waals surface area (Å²) in [6.45, 7) is 5.63. The van der Waals surface area contributed by atoms with Gasteiger partial charge in [-0.15, -0.1) is 0 Å². The second-order valence-corrected chi connectivity index (χ2v) is 8.29. The van der Waals surface area contributed by atoms with Crippen molar-refractivity contribution < 1.29 is 18.0 Å². The maximum atomic E-state index is 12.7. The van der Waals surface area contributed by atoms with Crippen LogP contribution in [0.25, 0.3) is 0 Å². The molecule has 0 spiro atoms. The van der Waals surface area contributed by atoms with E-state index in [9.17, 15) is 18.0 Å². The third kappa shape index (κ3) is 7.04. The van der Waals surface area contributed by atoms with Gasteiger partial charge in [0, 0.05) is 43.3 Å². The molecule has 0 saturated carbocycles. The lowest BCUT2D eigenvalue weighted by Crippen LogP contribution is -2.36. The third-order valence-corrected chi connectivity index (χ3v) is 5.48. The zero-order chi connectivity index (χ0) is 20.9. The van der Waals surface area contributed by atoms with Gasteiger partial charge >= 0.3 is 5.51 Å². The number of benzene rings is 1. The first-order chi connectivity index (χ1) is 13.8. The number of alkyl halides is 3. The molecule has 0 atom stereocenters. The van der Waals surface area contributed by atoms with E-state index in [0.717, 1.165) is 37.4 Å². The molecule has 4 nitrogen and oxygen atoms in total. The van der Waals surface area contributed by atoms with Crippen LogP contribution in [0.3, 0.4) is 0 Å². The van der Waals surface area contributed by atoms with E-state index in [2.05, 4.69) is 9.88 Å². The van der Waals surface area contributed by atoms with E-state index in [0.29, 0.717) is 18.7 Å². The van der Waals surface area contributed by atoms with Crippen molar-refractivity contribution in [1.29, 1.82) is 0 Å². The standard InChI is InChI=1S/C21H24F3N3OS/c1-16-5-2-7-18(25-16)15-26-9-4-10-27(12-11-26)20(28)14-17-6-3-8-19(13-17)29-21(22,23)24/h2-3,5-8,13H,4,9-12,14-15H2,1H3. The molecule has 1 aliphatic heterocycles. The molecule has 0 aliphatic carbocycles. The molecule has 2 heterocycles. The summed E-state index contributed by atoms with van der Waals surface area (Å²) in [5, 5.41) is 0. The lowest BCUT2D eigenvalue weighted by atomic mass is 10.1. The first kappa shape index (κ1) is 21.6. The van der Waals surface area contributed by atoms with Crippen LogP contribution in [0.4, 0.5) is 13.2 Å². The first-order valence-electron chi connectivity index (χ1n) is 9.56. The highest BCUT2D eigenvalue weighted by molar-refractivity contribution is 8.00. The fourth-order valence-corrected chi connectivity index (χ4v) is 4.06. The molecule has 1 amide bonds. The molecule has 0 radical (unpaired) electrons. The normalized spacial score (nSPS) is 15.9. The van der Waals surface area contributed by atoms with Crippen LogP contribution in [0.15, 0.2) is 47.4 Å². The van der Waals surface area contributed by atoms with Crippen LogP contribution in [0.1, 0.15) is 23.4 Å². The van der Waals surface area contributed by atoms with Gasteiger partial charge in [-0.2, -0.15) is 13.2 Å². The Labute approximate surface area is 173 Å². The van der Waals surface area contributed by atoms with Gasteiger partial charge in [-0.3, -0.25) is 14.7 Å². The van der Waals surface area contributed by atoms with Crippen LogP contribution < -0.4 is 0 Å². The molecule has 29 heavy (non-hydrogen) atoms. The summed E-state index contributed by atoms with van der Waals surface area (Å²) in [7, 11) is 0. The van der Waals surface area contributed by atoms with Gasteiger partial charge in [-0.25, -0.2) is 0 Å². The number of halogens is 3. The molecule has 8 heteroatoms. The average molecular weight is 424 g/mol. The molecule has 1 saturated heterocycles. The summed E-state index contributed by atoms with van der Waals surface area (Å²) in [5.74, 6) is -0.0466. The summed E-state index contributed by atoms with van der Waals surface area (Å²) in [5.41, 5.74) is -1.72. The Morgan fingerprint density at radius 1 is 1.10 bits per heavy atom. The van der Waals surface area contributed by atoms with E-state index < -0.39 is 5.51 Å². The maximum absolute atomic E-state index is 12.7. The number of nitrogens with zero attached hydrogens (tertiary/aromatic N) is 3. The minimum absolute atomic E-state index is 0.0466. The number of pyridine rings is 1.